The maximum atomic E-state index is 13.8. The molecule has 1 N–H and O–H groups in total. The number of carbonyl (C=O) groups excluding carboxylic acids is 2. The van der Waals surface area contributed by atoms with Crippen molar-refractivity contribution < 1.29 is 14.3 Å². The minimum absolute atomic E-state index is 0.241. The number of hydrogen-bond donors (Lipinski definition) is 1. The minimum atomic E-state index is -0.511. The maximum Gasteiger partial charge on any atom is 0.337 e. The highest BCUT2D eigenvalue weighted by Crippen LogP contribution is 2.34. The first kappa shape index (κ1) is 24.7. The molecule has 190 valence electrons. The van der Waals surface area contributed by atoms with E-state index >= 15 is 0 Å². The lowest BCUT2D eigenvalue weighted by Crippen LogP contribution is -2.43. The molecule has 9 heteroatoms. The number of nitrogens with zero attached hydrogens (tertiary/aromatic N) is 2. The Kier molecular flexibility index (Phi) is 6.80. The lowest BCUT2D eigenvalue weighted by Gasteiger charge is -2.18. The highest BCUT2D eigenvalue weighted by atomic mass is 32.1. The number of aromatic nitrogens is 2. The molecule has 0 saturated heterocycles. The molecule has 1 aliphatic rings. The Balaban J connectivity index is 1.57. The predicted octanol–water partition coefficient (Wildman–Crippen LogP) is 4.14. The largest absolute Gasteiger partial charge is 0.465 e. The van der Waals surface area contributed by atoms with Crippen molar-refractivity contribution in [2.75, 3.05) is 12.4 Å². The van der Waals surface area contributed by atoms with Crippen LogP contribution in [-0.2, 0) is 28.9 Å². The standard InChI is InChI=1S/C28H27N3O5S/c1-17(18-8-4-3-5-9-18)31-25(33)24-21-10-6-7-11-22(21)37-26(24)30(28(31)35)16-23(32)29-20-14-12-19(13-15-20)27(34)36-2/h3-5,8-9,12-15,17H,6-7,10-11,16H2,1-2H3,(H,29,32). The first-order valence-electron chi connectivity index (χ1n) is 12.2. The van der Waals surface area contributed by atoms with Crippen LogP contribution in [0.1, 0.15) is 52.2 Å². The van der Waals surface area contributed by atoms with Crippen molar-refractivity contribution in [3.05, 3.63) is 97.0 Å². The second-order valence-corrected chi connectivity index (χ2v) is 10.2. The van der Waals surface area contributed by atoms with Gasteiger partial charge >= 0.3 is 11.7 Å². The number of carbonyl (C=O) groups is 2. The van der Waals surface area contributed by atoms with E-state index in [1.54, 1.807) is 24.3 Å². The van der Waals surface area contributed by atoms with Crippen LogP contribution in [-0.4, -0.2) is 28.1 Å². The van der Waals surface area contributed by atoms with Crippen molar-refractivity contribution in [3.8, 4) is 0 Å². The normalized spacial score (nSPS) is 13.7. The molecular weight excluding hydrogens is 490 g/mol. The number of amides is 1. The van der Waals surface area contributed by atoms with Gasteiger partial charge in [0.05, 0.1) is 24.1 Å². The molecule has 1 unspecified atom stereocenters. The molecule has 0 radical (unpaired) electrons. The molecular formula is C28H27N3O5S. The van der Waals surface area contributed by atoms with Crippen molar-refractivity contribution >= 4 is 39.1 Å². The molecule has 2 aromatic heterocycles. The van der Waals surface area contributed by atoms with Gasteiger partial charge in [-0.15, -0.1) is 11.3 Å². The molecule has 1 amide bonds. The highest BCUT2D eigenvalue weighted by molar-refractivity contribution is 7.18. The van der Waals surface area contributed by atoms with E-state index in [2.05, 4.69) is 5.32 Å². The van der Waals surface area contributed by atoms with Crippen LogP contribution in [0.3, 0.4) is 0 Å². The van der Waals surface area contributed by atoms with Gasteiger partial charge in [-0.1, -0.05) is 30.3 Å². The van der Waals surface area contributed by atoms with Gasteiger partial charge in [-0.05, 0) is 68.0 Å². The van der Waals surface area contributed by atoms with Crippen LogP contribution >= 0.6 is 11.3 Å². The van der Waals surface area contributed by atoms with E-state index in [0.29, 0.717) is 21.5 Å². The van der Waals surface area contributed by atoms with Crippen LogP contribution in [0.25, 0.3) is 10.2 Å². The third-order valence-electron chi connectivity index (χ3n) is 6.83. The molecule has 0 aliphatic heterocycles. The van der Waals surface area contributed by atoms with E-state index in [0.717, 1.165) is 41.7 Å². The number of rotatable bonds is 6. The summed E-state index contributed by atoms with van der Waals surface area (Å²) in [7, 11) is 1.30. The number of anilines is 1. The molecule has 0 saturated carbocycles. The number of fused-ring (bicyclic) bond motifs is 3. The van der Waals surface area contributed by atoms with Crippen molar-refractivity contribution in [2.45, 2.75) is 45.2 Å². The van der Waals surface area contributed by atoms with Gasteiger partial charge in [-0.2, -0.15) is 0 Å². The van der Waals surface area contributed by atoms with Crippen molar-refractivity contribution in [1.82, 2.24) is 9.13 Å². The van der Waals surface area contributed by atoms with Crippen molar-refractivity contribution in [2.24, 2.45) is 0 Å². The van der Waals surface area contributed by atoms with Gasteiger partial charge in [-0.3, -0.25) is 18.7 Å². The summed E-state index contributed by atoms with van der Waals surface area (Å²) in [5.41, 5.74) is 1.89. The number of esters is 1. The smallest absolute Gasteiger partial charge is 0.337 e. The summed E-state index contributed by atoms with van der Waals surface area (Å²) in [6.07, 6.45) is 3.70. The first-order chi connectivity index (χ1) is 17.9. The second kappa shape index (κ2) is 10.2. The number of benzene rings is 2. The van der Waals surface area contributed by atoms with Gasteiger partial charge in [0, 0.05) is 10.6 Å². The lowest BCUT2D eigenvalue weighted by atomic mass is 9.97. The molecule has 37 heavy (non-hydrogen) atoms. The predicted molar refractivity (Wildman–Crippen MR) is 144 cm³/mol. The Morgan fingerprint density at radius 3 is 2.43 bits per heavy atom. The summed E-state index contributed by atoms with van der Waals surface area (Å²) in [4.78, 5) is 54.0. The number of methoxy groups -OCH3 is 1. The summed E-state index contributed by atoms with van der Waals surface area (Å²) in [5, 5.41) is 3.34. The van der Waals surface area contributed by atoms with E-state index in [1.165, 1.54) is 27.6 Å². The van der Waals surface area contributed by atoms with E-state index in [-0.39, 0.29) is 12.1 Å². The average Bonchev–Trinajstić information content (AvgIpc) is 3.31. The molecule has 0 bridgehead atoms. The Morgan fingerprint density at radius 2 is 1.73 bits per heavy atom. The van der Waals surface area contributed by atoms with Gasteiger partial charge in [0.15, 0.2) is 0 Å². The van der Waals surface area contributed by atoms with Gasteiger partial charge in [0.1, 0.15) is 11.4 Å². The van der Waals surface area contributed by atoms with Crippen LogP contribution in [0.4, 0.5) is 5.69 Å². The number of hydrogen-bond acceptors (Lipinski definition) is 6. The summed E-state index contributed by atoms with van der Waals surface area (Å²) >= 11 is 1.45. The fourth-order valence-electron chi connectivity index (χ4n) is 4.90. The quantitative estimate of drug-likeness (QED) is 0.388. The van der Waals surface area contributed by atoms with Crippen molar-refractivity contribution in [3.63, 3.8) is 0 Å². The number of thiophene rings is 1. The Hall–Kier alpha value is -3.98. The van der Waals surface area contributed by atoms with Crippen LogP contribution < -0.4 is 16.6 Å². The van der Waals surface area contributed by atoms with E-state index in [4.69, 9.17) is 4.74 Å². The van der Waals surface area contributed by atoms with Crippen LogP contribution in [0.2, 0.25) is 0 Å². The molecule has 1 aliphatic carbocycles. The van der Waals surface area contributed by atoms with E-state index in [1.807, 2.05) is 37.3 Å². The van der Waals surface area contributed by atoms with E-state index < -0.39 is 23.6 Å². The topological polar surface area (TPSA) is 99.4 Å². The zero-order chi connectivity index (χ0) is 26.1. The average molecular weight is 518 g/mol. The minimum Gasteiger partial charge on any atom is -0.465 e. The van der Waals surface area contributed by atoms with Crippen LogP contribution in [0.15, 0.2) is 64.2 Å². The molecule has 8 nitrogen and oxygen atoms in total. The lowest BCUT2D eigenvalue weighted by molar-refractivity contribution is -0.116. The van der Waals surface area contributed by atoms with Gasteiger partial charge < -0.3 is 10.1 Å². The first-order valence-corrected chi connectivity index (χ1v) is 13.0. The van der Waals surface area contributed by atoms with Gasteiger partial charge in [-0.25, -0.2) is 9.59 Å². The molecule has 0 fully saturated rings. The third-order valence-corrected chi connectivity index (χ3v) is 8.14. The Morgan fingerprint density at radius 1 is 1.03 bits per heavy atom. The summed E-state index contributed by atoms with van der Waals surface area (Å²) in [6, 6.07) is 15.2. The Labute approximate surface area is 217 Å². The van der Waals surface area contributed by atoms with Crippen LogP contribution in [0.5, 0.6) is 0 Å². The van der Waals surface area contributed by atoms with Gasteiger partial charge in [0.2, 0.25) is 5.91 Å². The fraction of sp³-hybridized carbons (Fsp3) is 0.286. The van der Waals surface area contributed by atoms with Gasteiger partial charge in [0.25, 0.3) is 5.56 Å². The molecule has 1 atom stereocenters. The van der Waals surface area contributed by atoms with E-state index in [9.17, 15) is 19.2 Å². The number of ether oxygens (including phenoxy) is 1. The van der Waals surface area contributed by atoms with Crippen LogP contribution in [0, 0.1) is 0 Å². The molecule has 4 aromatic rings. The SMILES string of the molecule is COC(=O)c1ccc(NC(=O)Cn2c(=O)n(C(C)c3ccccc3)c(=O)c3c4c(sc32)CCCC4)cc1. The molecule has 2 heterocycles. The molecule has 5 rings (SSSR count). The number of nitrogens with one attached hydrogen (secondary N) is 1. The molecule has 2 aromatic carbocycles. The maximum absolute atomic E-state index is 13.8. The zero-order valence-electron chi connectivity index (χ0n) is 20.7. The second-order valence-electron chi connectivity index (χ2n) is 9.14. The number of aryl methyl sites for hydroxylation is 2. The molecule has 0 spiro atoms. The summed E-state index contributed by atoms with van der Waals surface area (Å²) in [5.74, 6) is -0.874. The summed E-state index contributed by atoms with van der Waals surface area (Å²) < 4.78 is 7.41. The third kappa shape index (κ3) is 4.62. The zero-order valence-corrected chi connectivity index (χ0v) is 21.5. The monoisotopic (exact) mass is 517 g/mol. The summed E-state index contributed by atoms with van der Waals surface area (Å²) in [6.45, 7) is 1.59. The Bertz CT molecular complexity index is 1600. The van der Waals surface area contributed by atoms with Crippen molar-refractivity contribution in [1.29, 1.82) is 0 Å². The fourth-order valence-corrected chi connectivity index (χ4v) is 6.27. The highest BCUT2D eigenvalue weighted by Gasteiger charge is 2.26.